The summed E-state index contributed by atoms with van der Waals surface area (Å²) in [5.74, 6) is 0.328. The number of hydrogen-bond donors (Lipinski definition) is 5. The van der Waals surface area contributed by atoms with E-state index in [1.807, 2.05) is 0 Å². The van der Waals surface area contributed by atoms with Gasteiger partial charge in [-0.25, -0.2) is 13.9 Å². The fourth-order valence-electron chi connectivity index (χ4n) is 9.10. The van der Waals surface area contributed by atoms with Crippen LogP contribution in [0.25, 0.3) is 0 Å². The summed E-state index contributed by atoms with van der Waals surface area (Å²) in [4.78, 5) is 62.1. The molecule has 1 aliphatic rings. The van der Waals surface area contributed by atoms with Gasteiger partial charge in [-0.05, 0) is 30.7 Å². The van der Waals surface area contributed by atoms with Crippen LogP contribution in [0.5, 0.6) is 0 Å². The van der Waals surface area contributed by atoms with Crippen LogP contribution in [0.1, 0.15) is 252 Å². The Bertz CT molecular complexity index is 1770. The van der Waals surface area contributed by atoms with Gasteiger partial charge in [0.1, 0.15) is 30.7 Å². The number of aliphatic hydroxyl groups is 2. The number of ether oxygens (including phenoxy) is 3. The molecular formula is C54H101N3O15P2. The highest BCUT2D eigenvalue weighted by atomic mass is 31.3. The number of aliphatic hydroxyl groups excluding tert-OH is 2. The zero-order valence-electron chi connectivity index (χ0n) is 46.0. The van der Waals surface area contributed by atoms with Gasteiger partial charge < -0.3 is 39.9 Å². The molecule has 1 aromatic rings. The highest BCUT2D eigenvalue weighted by Gasteiger charge is 2.46. The number of unbranched alkanes of at least 4 members (excludes halogenated alkanes) is 28. The summed E-state index contributed by atoms with van der Waals surface area (Å²) in [6, 6.07) is 1.25. The van der Waals surface area contributed by atoms with Crippen molar-refractivity contribution < 1.29 is 66.3 Å². The van der Waals surface area contributed by atoms with Crippen LogP contribution < -0.4 is 11.4 Å². The molecule has 74 heavy (non-hydrogen) atoms. The molecule has 1 aliphatic heterocycles. The van der Waals surface area contributed by atoms with E-state index in [2.05, 4.69) is 37.0 Å². The molecule has 0 aromatic carbocycles. The number of aromatic nitrogens is 2. The maximum absolute atomic E-state index is 12.9. The predicted molar refractivity (Wildman–Crippen MR) is 289 cm³/mol. The molecule has 2 heterocycles. The molecule has 2 rings (SSSR count). The lowest BCUT2D eigenvalue weighted by Gasteiger charge is -2.21. The van der Waals surface area contributed by atoms with E-state index in [9.17, 15) is 43.5 Å². The molecule has 0 spiro atoms. The maximum atomic E-state index is 12.9. The van der Waals surface area contributed by atoms with E-state index in [-0.39, 0.29) is 18.7 Å². The van der Waals surface area contributed by atoms with Crippen LogP contribution >= 0.6 is 15.6 Å². The van der Waals surface area contributed by atoms with E-state index in [1.165, 1.54) is 154 Å². The standard InChI is InChI=1S/C54H101N3O15P2/c1-44(2)35-31-27-23-19-15-11-9-7-5-6-8-10-12-18-22-26-30-34-38-50(59)70-46(41-67-49(58)37-33-29-25-21-17-14-13-16-20-24-28-32-36-45(3)4)42-68-73(63,64)72-74(65,66)69-43-47-51(60)52(61)53(71-47)57-40-39-48(55)56-54(57)62/h39-40,44-47,51-53,60-61H,5-38,41-43H2,1-4H3,(H,63,64)(H,65,66)(H2,55,56,62)/t46-,47-,51+,52?,53-/m1/s1. The number of carbonyl (C=O) groups is 2. The van der Waals surface area contributed by atoms with Gasteiger partial charge in [-0.3, -0.25) is 23.2 Å². The first-order valence-electron chi connectivity index (χ1n) is 28.8. The van der Waals surface area contributed by atoms with Crippen LogP contribution in [0.3, 0.4) is 0 Å². The van der Waals surface area contributed by atoms with E-state index in [0.29, 0.717) is 12.8 Å². The summed E-state index contributed by atoms with van der Waals surface area (Å²) in [7, 11) is -10.8. The Morgan fingerprint density at radius 3 is 1.42 bits per heavy atom. The monoisotopic (exact) mass is 1090 g/mol. The van der Waals surface area contributed by atoms with Crippen molar-refractivity contribution in [3.05, 3.63) is 22.7 Å². The van der Waals surface area contributed by atoms with Gasteiger partial charge in [-0.2, -0.15) is 9.29 Å². The third kappa shape index (κ3) is 34.5. The molecule has 0 radical (unpaired) electrons. The number of nitrogens with zero attached hydrogens (tertiary/aromatic N) is 2. The number of nitrogen functional groups attached to an aromatic ring is 1. The predicted octanol–water partition coefficient (Wildman–Crippen LogP) is 12.7. The minimum atomic E-state index is -5.42. The smallest absolute Gasteiger partial charge is 0.462 e. The fourth-order valence-corrected chi connectivity index (χ4v) is 11.2. The Morgan fingerprint density at radius 1 is 0.608 bits per heavy atom. The zero-order valence-corrected chi connectivity index (χ0v) is 47.8. The maximum Gasteiger partial charge on any atom is 0.481 e. The average molecular weight is 1090 g/mol. The number of phosphoric ester groups is 2. The molecule has 0 aliphatic carbocycles. The van der Waals surface area contributed by atoms with Gasteiger partial charge in [0.05, 0.1) is 13.2 Å². The second-order valence-corrected chi connectivity index (χ2v) is 24.5. The lowest BCUT2D eigenvalue weighted by atomic mass is 10.0. The van der Waals surface area contributed by atoms with Crippen molar-refractivity contribution in [1.82, 2.24) is 9.55 Å². The third-order valence-electron chi connectivity index (χ3n) is 13.5. The van der Waals surface area contributed by atoms with Gasteiger partial charge in [0, 0.05) is 19.0 Å². The van der Waals surface area contributed by atoms with Gasteiger partial charge in [0.25, 0.3) is 0 Å². The Kier molecular flexibility index (Phi) is 37.5. The molecule has 0 amide bonds. The topological polar surface area (TPSA) is 265 Å². The highest BCUT2D eigenvalue weighted by molar-refractivity contribution is 7.61. The lowest BCUT2D eigenvalue weighted by Crippen LogP contribution is -2.36. The lowest BCUT2D eigenvalue weighted by molar-refractivity contribution is -0.161. The van der Waals surface area contributed by atoms with Gasteiger partial charge in [0.2, 0.25) is 0 Å². The van der Waals surface area contributed by atoms with Gasteiger partial charge in [-0.15, -0.1) is 0 Å². The molecular weight excluding hydrogens is 993 g/mol. The van der Waals surface area contributed by atoms with Gasteiger partial charge >= 0.3 is 33.3 Å². The third-order valence-corrected chi connectivity index (χ3v) is 16.1. The molecule has 1 saturated heterocycles. The Labute approximate surface area is 444 Å². The summed E-state index contributed by atoms with van der Waals surface area (Å²) in [6.45, 7) is 6.87. The van der Waals surface area contributed by atoms with Crippen molar-refractivity contribution in [1.29, 1.82) is 0 Å². The molecule has 20 heteroatoms. The number of phosphoric acid groups is 2. The van der Waals surface area contributed by atoms with Crippen LogP contribution in [0.4, 0.5) is 5.82 Å². The summed E-state index contributed by atoms with van der Waals surface area (Å²) in [5.41, 5.74) is 4.60. The Morgan fingerprint density at radius 2 is 1.00 bits per heavy atom. The second kappa shape index (κ2) is 40.9. The van der Waals surface area contributed by atoms with Crippen LogP contribution in [-0.4, -0.2) is 85.7 Å². The largest absolute Gasteiger partial charge is 0.481 e. The van der Waals surface area contributed by atoms with E-state index >= 15 is 0 Å². The molecule has 432 valence electrons. The minimum Gasteiger partial charge on any atom is -0.462 e. The Hall–Kier alpha value is -2.24. The molecule has 6 N–H and O–H groups in total. The number of esters is 2. The molecule has 0 saturated carbocycles. The van der Waals surface area contributed by atoms with Crippen LogP contribution in [0.2, 0.25) is 0 Å². The van der Waals surface area contributed by atoms with E-state index < -0.39 is 83.7 Å². The van der Waals surface area contributed by atoms with Crippen molar-refractivity contribution >= 4 is 33.4 Å². The molecule has 7 atom stereocenters. The Balaban J connectivity index is 1.73. The molecule has 1 aromatic heterocycles. The summed E-state index contributed by atoms with van der Waals surface area (Å²) >= 11 is 0. The van der Waals surface area contributed by atoms with Crippen molar-refractivity contribution in [2.24, 2.45) is 11.8 Å². The number of rotatable bonds is 48. The number of anilines is 1. The normalized spacial score (nSPS) is 18.9. The summed E-state index contributed by atoms with van der Waals surface area (Å²) in [6.07, 6.45) is 31.8. The van der Waals surface area contributed by atoms with Crippen molar-refractivity contribution in [3.63, 3.8) is 0 Å². The number of nitrogens with two attached hydrogens (primary N) is 1. The first kappa shape index (κ1) is 67.9. The number of carbonyl (C=O) groups excluding carboxylic acids is 2. The van der Waals surface area contributed by atoms with Crippen molar-refractivity contribution in [2.75, 3.05) is 25.6 Å². The van der Waals surface area contributed by atoms with Crippen LogP contribution in [-0.2, 0) is 46.3 Å². The van der Waals surface area contributed by atoms with Gasteiger partial charge in [0.15, 0.2) is 12.3 Å². The van der Waals surface area contributed by atoms with E-state index in [0.717, 1.165) is 67.8 Å². The number of hydrogen-bond acceptors (Lipinski definition) is 15. The quantitative estimate of drug-likeness (QED) is 0.0231. The average Bonchev–Trinajstić information content (AvgIpc) is 3.61. The van der Waals surface area contributed by atoms with Crippen molar-refractivity contribution in [2.45, 2.75) is 277 Å². The SMILES string of the molecule is CC(C)CCCCCCCCCCCCCCCCCCCCC(=O)O[C@H](COC(=O)CCCCCCCCCCCCCCC(C)C)COP(=O)(O)OP(=O)(O)OC[C@H]1O[C@@H](n2ccc(N)nc2=O)C(O)[C@H]1O. The molecule has 0 bridgehead atoms. The minimum absolute atomic E-state index is 0.0578. The fraction of sp³-hybridized carbons (Fsp3) is 0.889. The summed E-state index contributed by atoms with van der Waals surface area (Å²) < 4.78 is 57.0. The van der Waals surface area contributed by atoms with E-state index in [1.54, 1.807) is 0 Å². The first-order valence-corrected chi connectivity index (χ1v) is 31.8. The van der Waals surface area contributed by atoms with Crippen molar-refractivity contribution in [3.8, 4) is 0 Å². The van der Waals surface area contributed by atoms with E-state index in [4.69, 9.17) is 29.0 Å². The second-order valence-electron chi connectivity index (χ2n) is 21.5. The molecule has 3 unspecified atom stereocenters. The van der Waals surface area contributed by atoms with Crippen LogP contribution in [0, 0.1) is 11.8 Å². The highest BCUT2D eigenvalue weighted by Crippen LogP contribution is 2.60. The van der Waals surface area contributed by atoms with Crippen LogP contribution in [0.15, 0.2) is 17.1 Å². The molecule has 1 fully saturated rings. The first-order chi connectivity index (χ1) is 35.4. The summed E-state index contributed by atoms with van der Waals surface area (Å²) in [5, 5.41) is 21.0. The molecule has 18 nitrogen and oxygen atoms in total. The van der Waals surface area contributed by atoms with Gasteiger partial charge in [-0.1, -0.05) is 220 Å². The zero-order chi connectivity index (χ0) is 54.5.